The number of aromatic nitrogens is 2. The van der Waals surface area contributed by atoms with Gasteiger partial charge in [-0.05, 0) is 25.5 Å². The summed E-state index contributed by atoms with van der Waals surface area (Å²) in [6.45, 7) is 3.42. The smallest absolute Gasteiger partial charge is 0.269 e. The van der Waals surface area contributed by atoms with E-state index in [1.807, 2.05) is 0 Å². The topological polar surface area (TPSA) is 104 Å². The number of ether oxygens (including phenoxy) is 1. The first-order valence-corrected chi connectivity index (χ1v) is 5.50. The van der Waals surface area contributed by atoms with Crippen molar-refractivity contribution in [1.29, 1.82) is 0 Å². The first-order valence-electron chi connectivity index (χ1n) is 5.50. The second kappa shape index (κ2) is 4.89. The van der Waals surface area contributed by atoms with Gasteiger partial charge in [-0.1, -0.05) is 0 Å². The normalized spacial score (nSPS) is 10.2. The number of nitrogen functional groups attached to an aromatic ring is 1. The second-order valence-electron chi connectivity index (χ2n) is 3.99. The van der Waals surface area contributed by atoms with E-state index in [1.54, 1.807) is 13.8 Å². The fourth-order valence-electron chi connectivity index (χ4n) is 1.59. The molecule has 0 saturated heterocycles. The Bertz CT molecular complexity index is 623. The SMILES string of the molecule is Cc1nc(N)cc(Oc2ccc([N+](=O)[O-])cc2C)n1. The van der Waals surface area contributed by atoms with Gasteiger partial charge in [0, 0.05) is 18.2 Å². The fraction of sp³-hybridized carbons (Fsp3) is 0.167. The zero-order valence-electron chi connectivity index (χ0n) is 10.5. The van der Waals surface area contributed by atoms with Gasteiger partial charge < -0.3 is 10.5 Å². The first-order chi connectivity index (χ1) is 8.95. The summed E-state index contributed by atoms with van der Waals surface area (Å²) >= 11 is 0. The average molecular weight is 260 g/mol. The monoisotopic (exact) mass is 260 g/mol. The van der Waals surface area contributed by atoms with Crippen molar-refractivity contribution in [2.45, 2.75) is 13.8 Å². The maximum absolute atomic E-state index is 10.6. The number of benzene rings is 1. The Morgan fingerprint density at radius 1 is 1.26 bits per heavy atom. The van der Waals surface area contributed by atoms with E-state index in [1.165, 1.54) is 24.3 Å². The molecule has 2 N–H and O–H groups in total. The number of hydrogen-bond donors (Lipinski definition) is 1. The molecule has 0 aliphatic heterocycles. The van der Waals surface area contributed by atoms with E-state index in [0.717, 1.165) is 0 Å². The molecule has 0 unspecified atom stereocenters. The molecule has 2 aromatic rings. The number of nitro benzene ring substituents is 1. The lowest BCUT2D eigenvalue weighted by Gasteiger charge is -2.08. The largest absolute Gasteiger partial charge is 0.439 e. The van der Waals surface area contributed by atoms with E-state index in [0.29, 0.717) is 28.8 Å². The lowest BCUT2D eigenvalue weighted by atomic mass is 10.2. The summed E-state index contributed by atoms with van der Waals surface area (Å²) in [5.74, 6) is 1.60. The van der Waals surface area contributed by atoms with Crippen LogP contribution in [-0.4, -0.2) is 14.9 Å². The van der Waals surface area contributed by atoms with Crippen LogP contribution in [-0.2, 0) is 0 Å². The van der Waals surface area contributed by atoms with Gasteiger partial charge in [0.1, 0.15) is 17.4 Å². The molecule has 7 heteroatoms. The summed E-state index contributed by atoms with van der Waals surface area (Å²) < 4.78 is 5.55. The molecule has 0 radical (unpaired) electrons. The van der Waals surface area contributed by atoms with Crippen LogP contribution in [0.2, 0.25) is 0 Å². The van der Waals surface area contributed by atoms with Crippen LogP contribution in [0.3, 0.4) is 0 Å². The Morgan fingerprint density at radius 3 is 2.58 bits per heavy atom. The third-order valence-corrected chi connectivity index (χ3v) is 2.42. The quantitative estimate of drug-likeness (QED) is 0.671. The number of aryl methyl sites for hydroxylation is 2. The van der Waals surface area contributed by atoms with Gasteiger partial charge >= 0.3 is 0 Å². The summed E-state index contributed by atoms with van der Waals surface area (Å²) in [7, 11) is 0. The molecule has 0 spiro atoms. The third-order valence-electron chi connectivity index (χ3n) is 2.42. The van der Waals surface area contributed by atoms with Crippen molar-refractivity contribution in [3.8, 4) is 11.6 Å². The molecule has 0 bridgehead atoms. The highest BCUT2D eigenvalue weighted by molar-refractivity contribution is 5.45. The molecule has 0 amide bonds. The van der Waals surface area contributed by atoms with Crippen molar-refractivity contribution >= 4 is 11.5 Å². The van der Waals surface area contributed by atoms with Crippen molar-refractivity contribution < 1.29 is 9.66 Å². The van der Waals surface area contributed by atoms with Gasteiger partial charge in [0.2, 0.25) is 5.88 Å². The fourth-order valence-corrected chi connectivity index (χ4v) is 1.59. The van der Waals surface area contributed by atoms with E-state index in [-0.39, 0.29) is 5.69 Å². The van der Waals surface area contributed by atoms with Crippen LogP contribution >= 0.6 is 0 Å². The molecular formula is C12H12N4O3. The van der Waals surface area contributed by atoms with E-state index in [4.69, 9.17) is 10.5 Å². The Morgan fingerprint density at radius 2 is 2.00 bits per heavy atom. The predicted molar refractivity (Wildman–Crippen MR) is 69.1 cm³/mol. The van der Waals surface area contributed by atoms with Gasteiger partial charge in [-0.3, -0.25) is 10.1 Å². The van der Waals surface area contributed by atoms with Crippen LogP contribution in [0, 0.1) is 24.0 Å². The van der Waals surface area contributed by atoms with Gasteiger partial charge in [-0.2, -0.15) is 4.98 Å². The van der Waals surface area contributed by atoms with Gasteiger partial charge in [-0.25, -0.2) is 4.98 Å². The zero-order valence-corrected chi connectivity index (χ0v) is 10.5. The molecule has 0 aliphatic carbocycles. The Hall–Kier alpha value is -2.70. The van der Waals surface area contributed by atoms with Gasteiger partial charge in [0.05, 0.1) is 4.92 Å². The number of nitrogens with zero attached hydrogens (tertiary/aromatic N) is 3. The molecule has 1 heterocycles. The summed E-state index contributed by atoms with van der Waals surface area (Å²) in [6, 6.07) is 5.83. The van der Waals surface area contributed by atoms with E-state index < -0.39 is 4.92 Å². The van der Waals surface area contributed by atoms with E-state index in [2.05, 4.69) is 9.97 Å². The molecule has 0 atom stereocenters. The minimum atomic E-state index is -0.455. The summed E-state index contributed by atoms with van der Waals surface area (Å²) in [5, 5.41) is 10.6. The van der Waals surface area contributed by atoms with Gasteiger partial charge in [0.15, 0.2) is 0 Å². The highest BCUT2D eigenvalue weighted by Crippen LogP contribution is 2.27. The van der Waals surface area contributed by atoms with Crippen LogP contribution in [0.5, 0.6) is 11.6 Å². The Labute approximate surface area is 109 Å². The number of hydrogen-bond acceptors (Lipinski definition) is 6. The lowest BCUT2D eigenvalue weighted by Crippen LogP contribution is -1.98. The summed E-state index contributed by atoms with van der Waals surface area (Å²) in [6.07, 6.45) is 0. The predicted octanol–water partition coefficient (Wildman–Crippen LogP) is 2.38. The highest BCUT2D eigenvalue weighted by atomic mass is 16.6. The van der Waals surface area contributed by atoms with Crippen LogP contribution in [0.15, 0.2) is 24.3 Å². The number of nitrogens with two attached hydrogens (primary N) is 1. The lowest BCUT2D eigenvalue weighted by molar-refractivity contribution is -0.384. The molecule has 7 nitrogen and oxygen atoms in total. The van der Waals surface area contributed by atoms with Crippen LogP contribution in [0.25, 0.3) is 0 Å². The summed E-state index contributed by atoms with van der Waals surface area (Å²) in [5.41, 5.74) is 6.25. The average Bonchev–Trinajstić information content (AvgIpc) is 2.30. The van der Waals surface area contributed by atoms with E-state index in [9.17, 15) is 10.1 Å². The van der Waals surface area contributed by atoms with Gasteiger partial charge in [-0.15, -0.1) is 0 Å². The van der Waals surface area contributed by atoms with Crippen LogP contribution in [0.1, 0.15) is 11.4 Å². The Balaban J connectivity index is 2.30. The van der Waals surface area contributed by atoms with Crippen LogP contribution in [0.4, 0.5) is 11.5 Å². The van der Waals surface area contributed by atoms with Crippen molar-refractivity contribution in [1.82, 2.24) is 9.97 Å². The van der Waals surface area contributed by atoms with Crippen molar-refractivity contribution in [2.24, 2.45) is 0 Å². The number of rotatable bonds is 3. The van der Waals surface area contributed by atoms with Crippen molar-refractivity contribution in [2.75, 3.05) is 5.73 Å². The molecule has 1 aromatic heterocycles. The minimum Gasteiger partial charge on any atom is -0.439 e. The molecule has 19 heavy (non-hydrogen) atoms. The third kappa shape index (κ3) is 2.95. The summed E-state index contributed by atoms with van der Waals surface area (Å²) in [4.78, 5) is 18.2. The minimum absolute atomic E-state index is 0.0169. The molecule has 98 valence electrons. The Kier molecular flexibility index (Phi) is 3.28. The zero-order chi connectivity index (χ0) is 14.0. The van der Waals surface area contributed by atoms with E-state index >= 15 is 0 Å². The van der Waals surface area contributed by atoms with Crippen molar-refractivity contribution in [3.05, 3.63) is 45.8 Å². The van der Waals surface area contributed by atoms with Gasteiger partial charge in [0.25, 0.3) is 5.69 Å². The number of nitro groups is 1. The highest BCUT2D eigenvalue weighted by Gasteiger charge is 2.10. The molecule has 1 aromatic carbocycles. The molecule has 0 aliphatic rings. The maximum atomic E-state index is 10.6. The molecule has 2 rings (SSSR count). The van der Waals surface area contributed by atoms with Crippen LogP contribution < -0.4 is 10.5 Å². The first kappa shape index (κ1) is 12.7. The molecular weight excluding hydrogens is 248 g/mol. The number of non-ortho nitro benzene ring substituents is 1. The van der Waals surface area contributed by atoms with Crippen molar-refractivity contribution in [3.63, 3.8) is 0 Å². The second-order valence-corrected chi connectivity index (χ2v) is 3.99. The maximum Gasteiger partial charge on any atom is 0.269 e. The number of anilines is 1. The molecule has 0 saturated carbocycles. The molecule has 0 fully saturated rings. The standard InChI is InChI=1S/C12H12N4O3/c1-7-5-9(16(17)18)3-4-10(7)19-12-6-11(13)14-8(2)15-12/h3-6H,1-2H3,(H2,13,14,15).